The Morgan fingerprint density at radius 2 is 2.36 bits per heavy atom. The molecule has 0 aromatic carbocycles. The van der Waals surface area contributed by atoms with Gasteiger partial charge in [0.25, 0.3) is 0 Å². The normalized spacial score (nSPS) is 14.9. The molecule has 14 heavy (non-hydrogen) atoms. The van der Waals surface area contributed by atoms with Crippen LogP contribution in [0.2, 0.25) is 0 Å². The molecule has 2 atom stereocenters. The Labute approximate surface area is 93.2 Å². The lowest BCUT2D eigenvalue weighted by Crippen LogP contribution is -2.37. The number of halogens is 1. The van der Waals surface area contributed by atoms with E-state index in [-0.39, 0.29) is 12.1 Å². The van der Waals surface area contributed by atoms with Gasteiger partial charge in [-0.3, -0.25) is 0 Å². The number of rotatable bonds is 4. The van der Waals surface area contributed by atoms with Crippen molar-refractivity contribution in [3.63, 3.8) is 0 Å². The molecule has 0 aliphatic heterocycles. The number of anilines is 1. The first-order valence-electron chi connectivity index (χ1n) is 4.77. The molecule has 0 bridgehead atoms. The molecule has 0 aliphatic carbocycles. The van der Waals surface area contributed by atoms with Crippen molar-refractivity contribution in [2.24, 2.45) is 5.73 Å². The topological polar surface area (TPSA) is 50.9 Å². The maximum atomic E-state index is 5.84. The van der Waals surface area contributed by atoms with Crippen molar-refractivity contribution in [3.8, 4) is 0 Å². The molecule has 0 amide bonds. The van der Waals surface area contributed by atoms with Crippen LogP contribution in [0.4, 0.5) is 5.82 Å². The third-order valence-electron chi connectivity index (χ3n) is 2.16. The highest BCUT2D eigenvalue weighted by Crippen LogP contribution is 2.20. The number of pyridine rings is 1. The Morgan fingerprint density at radius 3 is 2.86 bits per heavy atom. The molecular weight excluding hydrogens is 242 g/mol. The molecule has 0 fully saturated rings. The zero-order valence-corrected chi connectivity index (χ0v) is 10.1. The van der Waals surface area contributed by atoms with Crippen LogP contribution in [0.5, 0.6) is 0 Å². The van der Waals surface area contributed by atoms with Gasteiger partial charge in [0.2, 0.25) is 0 Å². The zero-order chi connectivity index (χ0) is 10.6. The van der Waals surface area contributed by atoms with Gasteiger partial charge in [0.05, 0.1) is 4.47 Å². The van der Waals surface area contributed by atoms with Crippen LogP contribution >= 0.6 is 15.9 Å². The molecule has 4 heteroatoms. The summed E-state index contributed by atoms with van der Waals surface area (Å²) in [6.45, 7) is 4.11. The molecule has 1 rings (SSSR count). The van der Waals surface area contributed by atoms with Crippen LogP contribution < -0.4 is 11.1 Å². The lowest BCUT2D eigenvalue weighted by atomic mass is 10.1. The summed E-state index contributed by atoms with van der Waals surface area (Å²) in [6.07, 6.45) is 2.75. The Balaban J connectivity index is 2.72. The lowest BCUT2D eigenvalue weighted by Gasteiger charge is -2.21. The third-order valence-corrected chi connectivity index (χ3v) is 2.79. The molecule has 0 radical (unpaired) electrons. The van der Waals surface area contributed by atoms with Gasteiger partial charge in [0.15, 0.2) is 0 Å². The quantitative estimate of drug-likeness (QED) is 0.871. The second kappa shape index (κ2) is 5.32. The highest BCUT2D eigenvalue weighted by Gasteiger charge is 2.12. The van der Waals surface area contributed by atoms with Crippen molar-refractivity contribution in [2.45, 2.75) is 32.4 Å². The van der Waals surface area contributed by atoms with Gasteiger partial charge in [-0.2, -0.15) is 0 Å². The highest BCUT2D eigenvalue weighted by molar-refractivity contribution is 9.10. The van der Waals surface area contributed by atoms with Crippen LogP contribution in [-0.4, -0.2) is 17.1 Å². The molecule has 2 unspecified atom stereocenters. The first kappa shape index (κ1) is 11.5. The van der Waals surface area contributed by atoms with Crippen molar-refractivity contribution in [2.75, 3.05) is 5.32 Å². The molecule has 0 saturated carbocycles. The number of nitrogens with two attached hydrogens (primary N) is 1. The van der Waals surface area contributed by atoms with Crippen molar-refractivity contribution in [1.29, 1.82) is 0 Å². The maximum Gasteiger partial charge on any atom is 0.140 e. The van der Waals surface area contributed by atoms with Crippen LogP contribution in [0.15, 0.2) is 22.8 Å². The van der Waals surface area contributed by atoms with Crippen LogP contribution in [-0.2, 0) is 0 Å². The minimum atomic E-state index is 0.119. The van der Waals surface area contributed by atoms with Crippen molar-refractivity contribution in [3.05, 3.63) is 22.8 Å². The van der Waals surface area contributed by atoms with Gasteiger partial charge in [-0.15, -0.1) is 0 Å². The van der Waals surface area contributed by atoms with E-state index < -0.39 is 0 Å². The second-order valence-corrected chi connectivity index (χ2v) is 4.21. The van der Waals surface area contributed by atoms with Crippen LogP contribution in [0.3, 0.4) is 0 Å². The van der Waals surface area contributed by atoms with E-state index in [1.54, 1.807) is 6.20 Å². The monoisotopic (exact) mass is 257 g/mol. The summed E-state index contributed by atoms with van der Waals surface area (Å²) < 4.78 is 0.971. The number of hydrogen-bond donors (Lipinski definition) is 2. The van der Waals surface area contributed by atoms with Gasteiger partial charge in [-0.25, -0.2) is 4.98 Å². The molecule has 0 saturated heterocycles. The number of hydrogen-bond acceptors (Lipinski definition) is 3. The summed E-state index contributed by atoms with van der Waals surface area (Å²) in [7, 11) is 0. The standard InChI is InChI=1S/C10H16BrN3/c1-3-9(7(2)12)14-10-8(11)5-4-6-13-10/h4-7,9H,3,12H2,1-2H3,(H,13,14). The van der Waals surface area contributed by atoms with Crippen LogP contribution in [0, 0.1) is 0 Å². The molecule has 0 spiro atoms. The van der Waals surface area contributed by atoms with Gasteiger partial charge < -0.3 is 11.1 Å². The molecular formula is C10H16BrN3. The fourth-order valence-electron chi connectivity index (χ4n) is 1.27. The van der Waals surface area contributed by atoms with Crippen molar-refractivity contribution in [1.82, 2.24) is 4.98 Å². The Morgan fingerprint density at radius 1 is 1.64 bits per heavy atom. The van der Waals surface area contributed by atoms with Gasteiger partial charge in [-0.1, -0.05) is 6.92 Å². The number of nitrogens with zero attached hydrogens (tertiary/aromatic N) is 1. The van der Waals surface area contributed by atoms with E-state index in [2.05, 4.69) is 33.2 Å². The van der Waals surface area contributed by atoms with Gasteiger partial charge >= 0.3 is 0 Å². The fraction of sp³-hybridized carbons (Fsp3) is 0.500. The Hall–Kier alpha value is -0.610. The smallest absolute Gasteiger partial charge is 0.140 e. The molecule has 0 aliphatic rings. The second-order valence-electron chi connectivity index (χ2n) is 3.35. The Kier molecular flexibility index (Phi) is 4.35. The van der Waals surface area contributed by atoms with E-state index in [9.17, 15) is 0 Å². The molecule has 3 N–H and O–H groups in total. The average Bonchev–Trinajstić information content (AvgIpc) is 2.16. The largest absolute Gasteiger partial charge is 0.365 e. The summed E-state index contributed by atoms with van der Waals surface area (Å²) in [4.78, 5) is 4.23. The molecule has 3 nitrogen and oxygen atoms in total. The summed E-state index contributed by atoms with van der Waals surface area (Å²) in [5.74, 6) is 0.858. The lowest BCUT2D eigenvalue weighted by molar-refractivity contribution is 0.577. The number of nitrogens with one attached hydrogen (secondary N) is 1. The summed E-state index contributed by atoms with van der Waals surface area (Å²) in [5.41, 5.74) is 5.84. The third kappa shape index (κ3) is 2.96. The SMILES string of the molecule is CCC(Nc1ncccc1Br)C(C)N. The van der Waals surface area contributed by atoms with E-state index >= 15 is 0 Å². The van der Waals surface area contributed by atoms with Gasteiger partial charge in [0.1, 0.15) is 5.82 Å². The van der Waals surface area contributed by atoms with Crippen LogP contribution in [0.25, 0.3) is 0 Å². The van der Waals surface area contributed by atoms with Crippen molar-refractivity contribution < 1.29 is 0 Å². The van der Waals surface area contributed by atoms with E-state index in [1.165, 1.54) is 0 Å². The predicted octanol–water partition coefficient (Wildman–Crippen LogP) is 2.38. The maximum absolute atomic E-state index is 5.84. The zero-order valence-electron chi connectivity index (χ0n) is 8.50. The Bertz CT molecular complexity index is 288. The van der Waals surface area contributed by atoms with Crippen molar-refractivity contribution >= 4 is 21.7 Å². The summed E-state index contributed by atoms with van der Waals surface area (Å²) in [5, 5.41) is 3.31. The minimum Gasteiger partial charge on any atom is -0.365 e. The predicted molar refractivity (Wildman–Crippen MR) is 63.3 cm³/mol. The first-order chi connectivity index (χ1) is 6.65. The van der Waals surface area contributed by atoms with E-state index in [0.29, 0.717) is 0 Å². The summed E-state index contributed by atoms with van der Waals surface area (Å²) in [6, 6.07) is 4.24. The van der Waals surface area contributed by atoms with E-state index in [0.717, 1.165) is 16.7 Å². The summed E-state index contributed by atoms with van der Waals surface area (Å²) >= 11 is 3.44. The van der Waals surface area contributed by atoms with Gasteiger partial charge in [0, 0.05) is 18.3 Å². The number of aromatic nitrogens is 1. The molecule has 1 aromatic rings. The van der Waals surface area contributed by atoms with Gasteiger partial charge in [-0.05, 0) is 41.4 Å². The molecule has 1 aromatic heterocycles. The van der Waals surface area contributed by atoms with E-state index in [4.69, 9.17) is 5.73 Å². The molecule has 78 valence electrons. The highest BCUT2D eigenvalue weighted by atomic mass is 79.9. The van der Waals surface area contributed by atoms with E-state index in [1.807, 2.05) is 19.1 Å². The molecule has 1 heterocycles. The fourth-order valence-corrected chi connectivity index (χ4v) is 1.64. The van der Waals surface area contributed by atoms with Crippen LogP contribution in [0.1, 0.15) is 20.3 Å². The minimum absolute atomic E-state index is 0.119. The first-order valence-corrected chi connectivity index (χ1v) is 5.57. The average molecular weight is 258 g/mol.